The zero-order valence-electron chi connectivity index (χ0n) is 14.4. The standard InChI is InChI=1S/C20H27N3O/c1-22-10-12-23(13-11-22)16-20(18-7-3-2-4-8-18)21-15-17-6-5-9-19(24)14-17/h2-9,14,20-21,24H,10-13,15-16H2,1H3/t20-/m1/s1. The maximum absolute atomic E-state index is 9.64. The summed E-state index contributed by atoms with van der Waals surface area (Å²) in [6.07, 6.45) is 0. The van der Waals surface area contributed by atoms with Crippen LogP contribution in [-0.4, -0.2) is 54.7 Å². The Labute approximate surface area is 144 Å². The Kier molecular flexibility index (Phi) is 5.86. The van der Waals surface area contributed by atoms with Crippen LogP contribution in [0.4, 0.5) is 0 Å². The molecule has 0 unspecified atom stereocenters. The first-order valence-corrected chi connectivity index (χ1v) is 8.68. The molecule has 1 fully saturated rings. The Hall–Kier alpha value is -1.88. The van der Waals surface area contributed by atoms with Gasteiger partial charge in [-0.05, 0) is 30.3 Å². The van der Waals surface area contributed by atoms with E-state index in [9.17, 15) is 5.11 Å². The highest BCUT2D eigenvalue weighted by molar-refractivity contribution is 5.27. The average Bonchev–Trinajstić information content (AvgIpc) is 2.61. The van der Waals surface area contributed by atoms with Crippen molar-refractivity contribution in [3.8, 4) is 5.75 Å². The number of phenolic OH excluding ortho intramolecular Hbond substituents is 1. The van der Waals surface area contributed by atoms with Crippen LogP contribution >= 0.6 is 0 Å². The molecular weight excluding hydrogens is 298 g/mol. The highest BCUT2D eigenvalue weighted by Gasteiger charge is 2.19. The first kappa shape index (κ1) is 17.0. The van der Waals surface area contributed by atoms with Gasteiger partial charge in [-0.1, -0.05) is 42.5 Å². The Morgan fingerprint density at radius 3 is 2.46 bits per heavy atom. The molecule has 1 heterocycles. The summed E-state index contributed by atoms with van der Waals surface area (Å²) in [4.78, 5) is 4.92. The van der Waals surface area contributed by atoms with Crippen molar-refractivity contribution in [2.75, 3.05) is 39.8 Å². The fourth-order valence-electron chi connectivity index (χ4n) is 3.17. The van der Waals surface area contributed by atoms with Crippen molar-refractivity contribution < 1.29 is 5.11 Å². The molecule has 2 N–H and O–H groups in total. The van der Waals surface area contributed by atoms with Gasteiger partial charge in [-0.25, -0.2) is 0 Å². The van der Waals surface area contributed by atoms with Crippen LogP contribution in [0.15, 0.2) is 54.6 Å². The number of benzene rings is 2. The lowest BCUT2D eigenvalue weighted by Gasteiger charge is -2.35. The van der Waals surface area contributed by atoms with E-state index in [1.165, 1.54) is 5.56 Å². The van der Waals surface area contributed by atoms with E-state index in [2.05, 4.69) is 52.5 Å². The van der Waals surface area contributed by atoms with E-state index in [4.69, 9.17) is 0 Å². The van der Waals surface area contributed by atoms with E-state index in [1.54, 1.807) is 6.07 Å². The van der Waals surface area contributed by atoms with E-state index in [0.29, 0.717) is 5.75 Å². The summed E-state index contributed by atoms with van der Waals surface area (Å²) in [5.41, 5.74) is 2.42. The highest BCUT2D eigenvalue weighted by Crippen LogP contribution is 2.17. The van der Waals surface area contributed by atoms with Gasteiger partial charge in [0.25, 0.3) is 0 Å². The molecule has 2 aromatic carbocycles. The fraction of sp³-hybridized carbons (Fsp3) is 0.400. The number of hydrogen-bond acceptors (Lipinski definition) is 4. The third kappa shape index (κ3) is 4.81. The van der Waals surface area contributed by atoms with Crippen LogP contribution in [0.25, 0.3) is 0 Å². The first-order valence-electron chi connectivity index (χ1n) is 8.68. The van der Waals surface area contributed by atoms with Gasteiger partial charge in [0.1, 0.15) is 5.75 Å². The summed E-state index contributed by atoms with van der Waals surface area (Å²) in [5.74, 6) is 0.324. The summed E-state index contributed by atoms with van der Waals surface area (Å²) in [5, 5.41) is 13.3. The molecule has 0 saturated carbocycles. The van der Waals surface area contributed by atoms with E-state index in [1.807, 2.05) is 18.2 Å². The quantitative estimate of drug-likeness (QED) is 0.856. The lowest BCUT2D eigenvalue weighted by molar-refractivity contribution is 0.142. The van der Waals surface area contributed by atoms with E-state index < -0.39 is 0 Å². The van der Waals surface area contributed by atoms with Gasteiger partial charge in [0.2, 0.25) is 0 Å². The van der Waals surface area contributed by atoms with Gasteiger partial charge in [0.05, 0.1) is 0 Å². The number of piperazine rings is 1. The molecular formula is C20H27N3O. The smallest absolute Gasteiger partial charge is 0.115 e. The van der Waals surface area contributed by atoms with Crippen molar-refractivity contribution in [3.05, 3.63) is 65.7 Å². The molecule has 0 bridgehead atoms. The van der Waals surface area contributed by atoms with Crippen LogP contribution in [0.2, 0.25) is 0 Å². The van der Waals surface area contributed by atoms with Crippen molar-refractivity contribution in [3.63, 3.8) is 0 Å². The number of likely N-dealkylation sites (N-methyl/N-ethyl adjacent to an activating group) is 1. The Morgan fingerprint density at radius 2 is 1.75 bits per heavy atom. The predicted octanol–water partition coefficient (Wildman–Crippen LogP) is 2.47. The molecule has 0 aromatic heterocycles. The molecule has 0 aliphatic carbocycles. The van der Waals surface area contributed by atoms with Crippen molar-refractivity contribution in [2.24, 2.45) is 0 Å². The minimum absolute atomic E-state index is 0.289. The molecule has 1 aliphatic heterocycles. The Morgan fingerprint density at radius 1 is 1.00 bits per heavy atom. The molecule has 128 valence electrons. The van der Waals surface area contributed by atoms with E-state index in [0.717, 1.165) is 44.8 Å². The minimum atomic E-state index is 0.289. The second-order valence-corrected chi connectivity index (χ2v) is 6.62. The lowest BCUT2D eigenvalue weighted by atomic mass is 10.1. The molecule has 1 aliphatic rings. The van der Waals surface area contributed by atoms with Crippen molar-refractivity contribution in [1.29, 1.82) is 0 Å². The van der Waals surface area contributed by atoms with Gasteiger partial charge in [-0.15, -0.1) is 0 Å². The first-order chi connectivity index (χ1) is 11.7. The van der Waals surface area contributed by atoms with Gasteiger partial charge in [0.15, 0.2) is 0 Å². The van der Waals surface area contributed by atoms with E-state index in [-0.39, 0.29) is 6.04 Å². The third-order valence-corrected chi connectivity index (χ3v) is 4.70. The number of nitrogens with zero attached hydrogens (tertiary/aromatic N) is 2. The number of nitrogens with one attached hydrogen (secondary N) is 1. The zero-order chi connectivity index (χ0) is 16.8. The summed E-state index contributed by atoms with van der Waals surface area (Å²) >= 11 is 0. The predicted molar refractivity (Wildman–Crippen MR) is 98.1 cm³/mol. The minimum Gasteiger partial charge on any atom is -0.508 e. The van der Waals surface area contributed by atoms with Gasteiger partial charge in [-0.2, -0.15) is 0 Å². The molecule has 24 heavy (non-hydrogen) atoms. The SMILES string of the molecule is CN1CCN(C[C@@H](NCc2cccc(O)c2)c2ccccc2)CC1. The summed E-state index contributed by atoms with van der Waals surface area (Å²) in [7, 11) is 2.19. The number of aromatic hydroxyl groups is 1. The normalized spacial score (nSPS) is 17.7. The maximum Gasteiger partial charge on any atom is 0.115 e. The summed E-state index contributed by atoms with van der Waals surface area (Å²) in [6, 6.07) is 18.4. The molecule has 0 spiro atoms. The van der Waals surface area contributed by atoms with Crippen LogP contribution in [0, 0.1) is 0 Å². The molecule has 3 rings (SSSR count). The Bertz CT molecular complexity index is 624. The maximum atomic E-state index is 9.64. The second kappa shape index (κ2) is 8.29. The summed E-state index contributed by atoms with van der Waals surface area (Å²) in [6.45, 7) is 6.27. The van der Waals surface area contributed by atoms with Gasteiger partial charge in [0, 0.05) is 45.3 Å². The molecule has 1 atom stereocenters. The molecule has 1 saturated heterocycles. The average molecular weight is 325 g/mol. The Balaban J connectivity index is 1.66. The topological polar surface area (TPSA) is 38.7 Å². The van der Waals surface area contributed by atoms with Gasteiger partial charge >= 0.3 is 0 Å². The zero-order valence-corrected chi connectivity index (χ0v) is 14.4. The second-order valence-electron chi connectivity index (χ2n) is 6.62. The molecule has 0 amide bonds. The highest BCUT2D eigenvalue weighted by atomic mass is 16.3. The molecule has 4 heteroatoms. The van der Waals surface area contributed by atoms with Crippen LogP contribution < -0.4 is 5.32 Å². The van der Waals surface area contributed by atoms with Crippen molar-refractivity contribution in [1.82, 2.24) is 15.1 Å². The number of phenols is 1. The van der Waals surface area contributed by atoms with Crippen LogP contribution in [0.3, 0.4) is 0 Å². The lowest BCUT2D eigenvalue weighted by Crippen LogP contribution is -2.47. The fourth-order valence-corrected chi connectivity index (χ4v) is 3.17. The largest absolute Gasteiger partial charge is 0.508 e. The number of hydrogen-bond donors (Lipinski definition) is 2. The molecule has 0 radical (unpaired) electrons. The third-order valence-electron chi connectivity index (χ3n) is 4.70. The molecule has 2 aromatic rings. The van der Waals surface area contributed by atoms with Gasteiger partial charge < -0.3 is 15.3 Å². The van der Waals surface area contributed by atoms with Gasteiger partial charge in [-0.3, -0.25) is 4.90 Å². The van der Waals surface area contributed by atoms with Crippen LogP contribution in [0.1, 0.15) is 17.2 Å². The summed E-state index contributed by atoms with van der Waals surface area (Å²) < 4.78 is 0. The van der Waals surface area contributed by atoms with Crippen molar-refractivity contribution in [2.45, 2.75) is 12.6 Å². The monoisotopic (exact) mass is 325 g/mol. The molecule has 4 nitrogen and oxygen atoms in total. The number of rotatable bonds is 6. The van der Waals surface area contributed by atoms with Crippen LogP contribution in [0.5, 0.6) is 5.75 Å². The van der Waals surface area contributed by atoms with Crippen LogP contribution in [-0.2, 0) is 6.54 Å². The van der Waals surface area contributed by atoms with E-state index >= 15 is 0 Å². The van der Waals surface area contributed by atoms with Crippen molar-refractivity contribution >= 4 is 0 Å².